The number of methoxy groups -OCH3 is 1. The van der Waals surface area contributed by atoms with Gasteiger partial charge in [0.15, 0.2) is 18.9 Å². The van der Waals surface area contributed by atoms with Crippen molar-refractivity contribution in [2.24, 2.45) is 0 Å². The number of rotatable bonds is 61. The Morgan fingerprint density at radius 2 is 0.743 bits per heavy atom. The molecule has 0 bridgehead atoms. The summed E-state index contributed by atoms with van der Waals surface area (Å²) in [6.07, 6.45) is -14.5. The Morgan fingerprint density at radius 1 is 0.390 bits per heavy atom. The Morgan fingerprint density at radius 3 is 1.13 bits per heavy atom. The number of amides is 5. The van der Waals surface area contributed by atoms with Gasteiger partial charge in [0.1, 0.15) is 85.5 Å². The lowest BCUT2D eigenvalue weighted by molar-refractivity contribution is -0.302. The average Bonchev–Trinajstić information content (AvgIpc) is 1.57. The van der Waals surface area contributed by atoms with E-state index in [0.717, 1.165) is 44.9 Å². The molecule has 0 aromatic heterocycles. The van der Waals surface area contributed by atoms with Crippen LogP contribution in [0.25, 0.3) is 0 Å². The highest BCUT2D eigenvalue weighted by molar-refractivity contribution is 5.78. The first kappa shape index (κ1) is 93.6. The fraction of sp³-hybridized carbons (Fsp3) is 0.924. The van der Waals surface area contributed by atoms with Crippen LogP contribution < -0.4 is 21.3 Å². The number of likely N-dealkylation sites (tertiary alicyclic amines) is 1. The predicted octanol–water partition coefficient (Wildman–Crippen LogP) is -7.57. The molecule has 0 aliphatic carbocycles. The molecule has 0 radical (unpaired) electrons. The zero-order chi connectivity index (χ0) is 76.6. The maximum absolute atomic E-state index is 13.9. The number of aliphatic hydroxyl groups excluding tert-OH is 13. The second kappa shape index (κ2) is 55.6. The number of unbranched alkanes of at least 4 members (excludes halogenated alkanes) is 7. The van der Waals surface area contributed by atoms with E-state index in [0.29, 0.717) is 32.4 Å². The van der Waals surface area contributed by atoms with Crippen molar-refractivity contribution in [1.29, 1.82) is 0 Å². The lowest BCUT2D eigenvalue weighted by Gasteiger charge is -2.39. The largest absolute Gasteiger partial charge is 0.394 e. The van der Waals surface area contributed by atoms with Crippen molar-refractivity contribution in [3.63, 3.8) is 0 Å². The number of aliphatic hydroxyl groups is 13. The summed E-state index contributed by atoms with van der Waals surface area (Å²) in [6.45, 7) is -1.06. The fourth-order valence-electron chi connectivity index (χ4n) is 11.3. The van der Waals surface area contributed by atoms with E-state index in [1.807, 2.05) is 0 Å². The summed E-state index contributed by atoms with van der Waals surface area (Å²) in [5, 5.41) is 140. The van der Waals surface area contributed by atoms with Crippen LogP contribution in [0.15, 0.2) is 0 Å². The van der Waals surface area contributed by atoms with Gasteiger partial charge in [0.05, 0.1) is 177 Å². The van der Waals surface area contributed by atoms with Gasteiger partial charge in [-0.25, -0.2) is 0 Å². The lowest BCUT2D eigenvalue weighted by atomic mass is 9.99. The molecule has 39 heteroatoms. The fourth-order valence-corrected chi connectivity index (χ4v) is 11.3. The lowest BCUT2D eigenvalue weighted by Crippen LogP contribution is -2.59. The molecule has 614 valence electrons. The number of nitrogens with one attached hydrogen (secondary N) is 4. The van der Waals surface area contributed by atoms with Crippen LogP contribution in [0.1, 0.15) is 89.9 Å². The van der Waals surface area contributed by atoms with Crippen LogP contribution in [-0.2, 0) is 99.8 Å². The first-order chi connectivity index (χ1) is 50.7. The molecule has 4 rings (SSSR count). The normalized spacial score (nSPS) is 27.6. The predicted molar refractivity (Wildman–Crippen MR) is 360 cm³/mol. The van der Waals surface area contributed by atoms with Crippen LogP contribution in [-0.4, -0.2) is 403 Å². The van der Waals surface area contributed by atoms with Crippen molar-refractivity contribution in [1.82, 2.24) is 26.2 Å². The molecule has 17 atom stereocenters. The molecule has 4 saturated heterocycles. The number of carbonyl (C=O) groups excluding carboxylic acids is 5. The molecule has 39 nitrogen and oxygen atoms in total. The summed E-state index contributed by atoms with van der Waals surface area (Å²) >= 11 is 0. The van der Waals surface area contributed by atoms with E-state index >= 15 is 0 Å². The van der Waals surface area contributed by atoms with Crippen molar-refractivity contribution in [3.8, 4) is 0 Å². The molecule has 0 saturated carbocycles. The van der Waals surface area contributed by atoms with Gasteiger partial charge < -0.3 is 168 Å². The van der Waals surface area contributed by atoms with Gasteiger partial charge in [-0.15, -0.1) is 0 Å². The highest BCUT2D eigenvalue weighted by Crippen LogP contribution is 2.26. The van der Waals surface area contributed by atoms with Gasteiger partial charge >= 0.3 is 0 Å². The number of hydrogen-bond donors (Lipinski definition) is 17. The first-order valence-electron chi connectivity index (χ1n) is 36.2. The molecule has 0 aromatic rings. The third kappa shape index (κ3) is 37.2. The Labute approximate surface area is 611 Å². The van der Waals surface area contributed by atoms with E-state index in [9.17, 15) is 90.4 Å². The number of β-amino-alcohol motifs (C(OH)–C–C–N with tert-alkyl or cyclic N) is 1. The molecular formula is C66H121N5O34. The van der Waals surface area contributed by atoms with Crippen LogP contribution in [0, 0.1) is 0 Å². The van der Waals surface area contributed by atoms with Gasteiger partial charge in [0, 0.05) is 52.4 Å². The molecule has 6 unspecified atom stereocenters. The van der Waals surface area contributed by atoms with Gasteiger partial charge in [0.25, 0.3) is 0 Å². The Hall–Kier alpha value is -3.81. The zero-order valence-corrected chi connectivity index (χ0v) is 60.3. The molecular weight excluding hydrogens is 1410 g/mol. The molecule has 4 aliphatic rings. The minimum atomic E-state index is -1.59. The van der Waals surface area contributed by atoms with E-state index in [1.165, 1.54) is 0 Å². The van der Waals surface area contributed by atoms with Crippen LogP contribution in [0.4, 0.5) is 0 Å². The third-order valence-electron chi connectivity index (χ3n) is 17.3. The molecule has 0 aromatic carbocycles. The summed E-state index contributed by atoms with van der Waals surface area (Å²) in [4.78, 5) is 67.3. The summed E-state index contributed by atoms with van der Waals surface area (Å²) in [5.74, 6) is -1.54. The Kier molecular flexibility index (Phi) is 49.5. The van der Waals surface area contributed by atoms with E-state index in [-0.39, 0.29) is 207 Å². The average molecular weight is 1530 g/mol. The Balaban J connectivity index is 1.25. The van der Waals surface area contributed by atoms with Gasteiger partial charge in [-0.05, 0) is 19.3 Å². The van der Waals surface area contributed by atoms with Gasteiger partial charge in [-0.1, -0.05) is 38.5 Å². The summed E-state index contributed by atoms with van der Waals surface area (Å²) in [6, 6.07) is -0.119. The van der Waals surface area contributed by atoms with Crippen molar-refractivity contribution < 1.29 is 166 Å². The molecule has 4 fully saturated rings. The monoisotopic (exact) mass is 1530 g/mol. The number of hydrogen-bond acceptors (Lipinski definition) is 34. The molecule has 5 amide bonds. The summed E-state index contributed by atoms with van der Waals surface area (Å²) < 4.78 is 88.4. The minimum absolute atomic E-state index is 0.0185. The van der Waals surface area contributed by atoms with Gasteiger partial charge in [-0.2, -0.15) is 0 Å². The highest BCUT2D eigenvalue weighted by atomic mass is 16.7. The summed E-state index contributed by atoms with van der Waals surface area (Å²) in [5.41, 5.74) is -1.41. The smallest absolute Gasteiger partial charge is 0.224 e. The molecule has 4 aliphatic heterocycles. The highest BCUT2D eigenvalue weighted by Gasteiger charge is 2.47. The zero-order valence-electron chi connectivity index (χ0n) is 60.3. The van der Waals surface area contributed by atoms with E-state index in [1.54, 1.807) is 12.0 Å². The van der Waals surface area contributed by atoms with Gasteiger partial charge in [-0.3, -0.25) is 24.0 Å². The molecule has 0 spiro atoms. The second-order valence-electron chi connectivity index (χ2n) is 25.7. The first-order valence-corrected chi connectivity index (χ1v) is 36.2. The number of nitrogens with zero attached hydrogens (tertiary/aromatic N) is 1. The van der Waals surface area contributed by atoms with Crippen LogP contribution in [0.2, 0.25) is 0 Å². The minimum Gasteiger partial charge on any atom is -0.394 e. The maximum atomic E-state index is 13.9. The summed E-state index contributed by atoms with van der Waals surface area (Å²) in [7, 11) is 1.57. The van der Waals surface area contributed by atoms with E-state index in [2.05, 4.69) is 21.3 Å². The SMILES string of the molecule is COC[C@@H]1C[C@@H](O)CN1C(=O)CCCCCCCCCCC(=O)NC(COCCC(=O)NCCOCCOCCO[C@H]1OC(CO)[C@@H](O)C(O)[C@H]1O)(COCCC(=O)NCCOCCOCCO[C@H]1OC(CO)[C@@H](O)C(O)[C@H]1O)COCCC(=O)NCOCCOCCO[C@H]1OC(CO)[C@@H](O)C(O)[C@H]1O. The molecule has 105 heavy (non-hydrogen) atoms. The topological polar surface area (TPSA) is 547 Å². The number of ether oxygens (including phenoxy) is 16. The van der Waals surface area contributed by atoms with E-state index in [4.69, 9.17) is 75.8 Å². The van der Waals surface area contributed by atoms with E-state index < -0.39 is 129 Å². The van der Waals surface area contributed by atoms with Gasteiger partial charge in [0.2, 0.25) is 29.5 Å². The maximum Gasteiger partial charge on any atom is 0.224 e. The van der Waals surface area contributed by atoms with Crippen LogP contribution in [0.5, 0.6) is 0 Å². The second-order valence-corrected chi connectivity index (χ2v) is 25.7. The molecule has 4 heterocycles. The van der Waals surface area contributed by atoms with Crippen molar-refractivity contribution in [3.05, 3.63) is 0 Å². The van der Waals surface area contributed by atoms with Crippen LogP contribution in [0.3, 0.4) is 0 Å². The van der Waals surface area contributed by atoms with Crippen molar-refractivity contribution >= 4 is 29.5 Å². The van der Waals surface area contributed by atoms with Crippen molar-refractivity contribution in [2.45, 2.75) is 200 Å². The standard InChI is InChI=1S/C66H121N5O34/c1-90-39-44-34-45(75)35-71(44)53(80)11-9-7-5-3-2-4-6-8-10-52(79)70-66(42-98-19-14-51(78)69-43-99-27-26-95-30-33-102-65-62(89)59(86)56(83)48(38-74)105-65,40-96-17-12-49(76)67-15-20-91-22-24-93-28-31-100-63-60(87)57(84)54(81)46(36-72)103-63)41-97-18-13-50(77)68-16-21-92-23-25-94-29-32-101-64-61(88)58(85)55(82)47(37-73)104-64/h44-48,54-65,72-75,81-89H,2-43H2,1H3,(H,67,76)(H,68,77)(H,69,78)(H,70,79)/t44-,45+,46?,47?,48?,54+,55+,56+,57?,58?,59?,60+,61+,62+,63-,64-,65-,66?/m0/s1. The quantitative estimate of drug-likeness (QED) is 0.0199. The molecule has 17 N–H and O–H groups in total. The Bertz CT molecular complexity index is 2220. The third-order valence-corrected chi connectivity index (χ3v) is 17.3. The van der Waals surface area contributed by atoms with Crippen molar-refractivity contribution in [2.75, 3.05) is 192 Å². The number of carbonyl (C=O) groups is 5. The van der Waals surface area contributed by atoms with Crippen LogP contribution >= 0.6 is 0 Å².